The second-order valence-electron chi connectivity index (χ2n) is 6.85. The van der Waals surface area contributed by atoms with Crippen LogP contribution in [-0.4, -0.2) is 46.3 Å². The molecule has 3 rings (SSSR count). The lowest BCUT2D eigenvalue weighted by atomic mass is 9.99. The number of piperidine rings is 1. The van der Waals surface area contributed by atoms with Gasteiger partial charge in [-0.15, -0.1) is 0 Å². The van der Waals surface area contributed by atoms with Crippen LogP contribution in [0.25, 0.3) is 0 Å². The normalized spacial score (nSPS) is 20.7. The van der Waals surface area contributed by atoms with Crippen LogP contribution in [0.4, 0.5) is 0 Å². The first kappa shape index (κ1) is 18.6. The summed E-state index contributed by atoms with van der Waals surface area (Å²) in [6.07, 6.45) is 1.02. The van der Waals surface area contributed by atoms with Crippen molar-refractivity contribution < 1.29 is 15.0 Å². The van der Waals surface area contributed by atoms with E-state index in [-0.39, 0.29) is 24.7 Å². The molecule has 1 aliphatic heterocycles. The summed E-state index contributed by atoms with van der Waals surface area (Å²) < 4.78 is 0. The molecule has 0 aromatic heterocycles. The highest BCUT2D eigenvalue weighted by atomic mass is 16.3. The molecular weight excluding hydrogens is 328 g/mol. The summed E-state index contributed by atoms with van der Waals surface area (Å²) in [6.45, 7) is 2.04. The SMILES string of the molecule is O=C(NCc1ccccc1)c1ccc(CN2CCC(O)C[C@@H]2CO)cc1. The van der Waals surface area contributed by atoms with Gasteiger partial charge in [-0.05, 0) is 36.1 Å². The van der Waals surface area contributed by atoms with E-state index in [1.165, 1.54) is 0 Å². The van der Waals surface area contributed by atoms with Gasteiger partial charge in [0.1, 0.15) is 0 Å². The molecule has 0 radical (unpaired) electrons. The third kappa shape index (κ3) is 4.91. The molecule has 5 heteroatoms. The van der Waals surface area contributed by atoms with Crippen LogP contribution >= 0.6 is 0 Å². The zero-order valence-corrected chi connectivity index (χ0v) is 14.8. The second-order valence-corrected chi connectivity index (χ2v) is 6.85. The van der Waals surface area contributed by atoms with Gasteiger partial charge in [0.15, 0.2) is 0 Å². The van der Waals surface area contributed by atoms with Gasteiger partial charge in [-0.3, -0.25) is 9.69 Å². The number of aliphatic hydroxyl groups is 2. The fourth-order valence-electron chi connectivity index (χ4n) is 3.35. The van der Waals surface area contributed by atoms with Crippen molar-refractivity contribution in [2.75, 3.05) is 13.2 Å². The molecule has 2 aromatic rings. The third-order valence-corrected chi connectivity index (χ3v) is 4.92. The monoisotopic (exact) mass is 354 g/mol. The van der Waals surface area contributed by atoms with E-state index >= 15 is 0 Å². The Kier molecular flexibility index (Phi) is 6.39. The minimum Gasteiger partial charge on any atom is -0.395 e. The third-order valence-electron chi connectivity index (χ3n) is 4.92. The van der Waals surface area contributed by atoms with Gasteiger partial charge in [0.25, 0.3) is 5.91 Å². The quantitative estimate of drug-likeness (QED) is 0.741. The molecule has 1 aliphatic rings. The Hall–Kier alpha value is -2.21. The highest BCUT2D eigenvalue weighted by Gasteiger charge is 2.26. The number of carbonyl (C=O) groups is 1. The Labute approximate surface area is 154 Å². The second kappa shape index (κ2) is 8.94. The number of nitrogens with one attached hydrogen (secondary N) is 1. The van der Waals surface area contributed by atoms with Gasteiger partial charge < -0.3 is 15.5 Å². The van der Waals surface area contributed by atoms with E-state index in [0.29, 0.717) is 25.1 Å². The first-order valence-corrected chi connectivity index (χ1v) is 9.09. The highest BCUT2D eigenvalue weighted by Crippen LogP contribution is 2.20. The van der Waals surface area contributed by atoms with Gasteiger partial charge in [0.05, 0.1) is 12.7 Å². The zero-order valence-electron chi connectivity index (χ0n) is 14.8. The van der Waals surface area contributed by atoms with Gasteiger partial charge >= 0.3 is 0 Å². The number of rotatable bonds is 6. The van der Waals surface area contributed by atoms with E-state index in [0.717, 1.165) is 24.1 Å². The van der Waals surface area contributed by atoms with Crippen LogP contribution in [0.15, 0.2) is 54.6 Å². The summed E-state index contributed by atoms with van der Waals surface area (Å²) in [5.74, 6) is -0.0882. The Bertz CT molecular complexity index is 703. The van der Waals surface area contributed by atoms with Crippen molar-refractivity contribution in [2.45, 2.75) is 38.1 Å². The fraction of sp³-hybridized carbons (Fsp3) is 0.381. The van der Waals surface area contributed by atoms with Crippen LogP contribution < -0.4 is 5.32 Å². The number of nitrogens with zero attached hydrogens (tertiary/aromatic N) is 1. The highest BCUT2D eigenvalue weighted by molar-refractivity contribution is 5.94. The number of amides is 1. The van der Waals surface area contributed by atoms with Crippen molar-refractivity contribution in [1.29, 1.82) is 0 Å². The molecule has 2 aromatic carbocycles. The van der Waals surface area contributed by atoms with Gasteiger partial charge in [-0.1, -0.05) is 42.5 Å². The van der Waals surface area contributed by atoms with E-state index < -0.39 is 0 Å². The standard InChI is InChI=1S/C21H26N2O3/c24-15-19-12-20(25)10-11-23(19)14-17-6-8-18(9-7-17)21(26)22-13-16-4-2-1-3-5-16/h1-9,19-20,24-25H,10-15H2,(H,22,26)/t19-,20?/m1/s1. The lowest BCUT2D eigenvalue weighted by molar-refractivity contribution is 0.0129. The van der Waals surface area contributed by atoms with Crippen LogP contribution in [0, 0.1) is 0 Å². The van der Waals surface area contributed by atoms with Crippen molar-refractivity contribution >= 4 is 5.91 Å². The molecule has 1 saturated heterocycles. The number of carbonyl (C=O) groups excluding carboxylic acids is 1. The largest absolute Gasteiger partial charge is 0.395 e. The van der Waals surface area contributed by atoms with Crippen LogP contribution in [0.1, 0.15) is 34.3 Å². The number of likely N-dealkylation sites (tertiary alicyclic amines) is 1. The molecule has 26 heavy (non-hydrogen) atoms. The minimum absolute atomic E-state index is 0.00685. The number of hydrogen-bond donors (Lipinski definition) is 3. The maximum absolute atomic E-state index is 12.3. The van der Waals surface area contributed by atoms with Gasteiger partial charge in [-0.2, -0.15) is 0 Å². The van der Waals surface area contributed by atoms with E-state index in [1.807, 2.05) is 54.6 Å². The topological polar surface area (TPSA) is 72.8 Å². The average Bonchev–Trinajstić information content (AvgIpc) is 2.69. The lowest BCUT2D eigenvalue weighted by Gasteiger charge is -2.36. The number of aliphatic hydroxyl groups excluding tert-OH is 2. The van der Waals surface area contributed by atoms with Gasteiger partial charge in [0.2, 0.25) is 0 Å². The molecule has 1 fully saturated rings. The maximum Gasteiger partial charge on any atom is 0.251 e. The molecule has 138 valence electrons. The Morgan fingerprint density at radius 1 is 1.08 bits per heavy atom. The van der Waals surface area contributed by atoms with E-state index in [9.17, 15) is 15.0 Å². The molecule has 0 bridgehead atoms. The smallest absolute Gasteiger partial charge is 0.251 e. The van der Waals surface area contributed by atoms with Crippen molar-refractivity contribution in [1.82, 2.24) is 10.2 Å². The molecule has 0 saturated carbocycles. The number of hydrogen-bond acceptors (Lipinski definition) is 4. The number of benzene rings is 2. The molecule has 0 spiro atoms. The average molecular weight is 354 g/mol. The maximum atomic E-state index is 12.3. The fourth-order valence-corrected chi connectivity index (χ4v) is 3.35. The van der Waals surface area contributed by atoms with Crippen LogP contribution in [0.5, 0.6) is 0 Å². The zero-order chi connectivity index (χ0) is 18.4. The van der Waals surface area contributed by atoms with E-state index in [4.69, 9.17) is 0 Å². The van der Waals surface area contributed by atoms with Crippen molar-refractivity contribution in [2.24, 2.45) is 0 Å². The lowest BCUT2D eigenvalue weighted by Crippen LogP contribution is -2.45. The Morgan fingerprint density at radius 2 is 1.81 bits per heavy atom. The molecule has 1 heterocycles. The predicted octanol–water partition coefficient (Wildman–Crippen LogP) is 1.93. The summed E-state index contributed by atoms with van der Waals surface area (Å²) in [5.41, 5.74) is 2.80. The molecule has 0 aliphatic carbocycles. The first-order valence-electron chi connectivity index (χ1n) is 9.09. The molecule has 3 N–H and O–H groups in total. The van der Waals surface area contributed by atoms with Crippen LogP contribution in [0.2, 0.25) is 0 Å². The Morgan fingerprint density at radius 3 is 2.50 bits per heavy atom. The predicted molar refractivity (Wildman–Crippen MR) is 101 cm³/mol. The Balaban J connectivity index is 1.55. The summed E-state index contributed by atoms with van der Waals surface area (Å²) in [5, 5.41) is 22.2. The van der Waals surface area contributed by atoms with Gasteiger partial charge in [-0.25, -0.2) is 0 Å². The van der Waals surface area contributed by atoms with Crippen molar-refractivity contribution in [3.8, 4) is 0 Å². The minimum atomic E-state index is -0.320. The summed E-state index contributed by atoms with van der Waals surface area (Å²) in [7, 11) is 0. The van der Waals surface area contributed by atoms with Crippen molar-refractivity contribution in [3.63, 3.8) is 0 Å². The summed E-state index contributed by atoms with van der Waals surface area (Å²) in [6, 6.07) is 17.4. The molecule has 5 nitrogen and oxygen atoms in total. The molecule has 1 amide bonds. The van der Waals surface area contributed by atoms with Crippen LogP contribution in [-0.2, 0) is 13.1 Å². The van der Waals surface area contributed by atoms with Crippen molar-refractivity contribution in [3.05, 3.63) is 71.3 Å². The van der Waals surface area contributed by atoms with Crippen LogP contribution in [0.3, 0.4) is 0 Å². The molecular formula is C21H26N2O3. The van der Waals surface area contributed by atoms with Gasteiger partial charge in [0, 0.05) is 31.2 Å². The van der Waals surface area contributed by atoms with E-state index in [1.54, 1.807) is 0 Å². The van der Waals surface area contributed by atoms with E-state index in [2.05, 4.69) is 10.2 Å². The molecule has 1 unspecified atom stereocenters. The summed E-state index contributed by atoms with van der Waals surface area (Å²) in [4.78, 5) is 14.5. The summed E-state index contributed by atoms with van der Waals surface area (Å²) >= 11 is 0. The molecule has 2 atom stereocenters. The first-order chi connectivity index (χ1) is 12.7.